The highest BCUT2D eigenvalue weighted by atomic mass is 32.2. The Morgan fingerprint density at radius 3 is 2.82 bits per heavy atom. The zero-order valence-corrected chi connectivity index (χ0v) is 10.4. The molecule has 0 saturated heterocycles. The average molecular weight is 258 g/mol. The maximum Gasteiger partial charge on any atom is 0.327 e. The third-order valence-electron chi connectivity index (χ3n) is 2.00. The first-order valence-electron chi connectivity index (χ1n) is 4.91. The van der Waals surface area contributed by atoms with Gasteiger partial charge in [-0.1, -0.05) is 0 Å². The van der Waals surface area contributed by atoms with Crippen molar-refractivity contribution in [2.24, 2.45) is 7.05 Å². The van der Waals surface area contributed by atoms with E-state index in [4.69, 9.17) is 5.11 Å². The van der Waals surface area contributed by atoms with Gasteiger partial charge in [-0.15, -0.1) is 10.2 Å². The Hall–Kier alpha value is -1.57. The summed E-state index contributed by atoms with van der Waals surface area (Å²) in [7, 11) is 1.82. The molecule has 0 saturated carbocycles. The van der Waals surface area contributed by atoms with E-state index in [2.05, 4.69) is 15.5 Å². The molecule has 0 fully saturated rings. The molecule has 1 amide bonds. The summed E-state index contributed by atoms with van der Waals surface area (Å²) in [5, 5.41) is 18.8. The van der Waals surface area contributed by atoms with Crippen LogP contribution in [0.1, 0.15) is 12.7 Å². The van der Waals surface area contributed by atoms with Gasteiger partial charge < -0.3 is 15.0 Å². The van der Waals surface area contributed by atoms with Crippen LogP contribution in [0, 0.1) is 0 Å². The molecule has 0 aliphatic heterocycles. The number of thioether (sulfide) groups is 1. The van der Waals surface area contributed by atoms with Crippen molar-refractivity contribution >= 4 is 23.6 Å². The normalized spacial score (nSPS) is 12.1. The topological polar surface area (TPSA) is 97.1 Å². The number of aromatic nitrogens is 3. The zero-order valence-electron chi connectivity index (χ0n) is 9.58. The highest BCUT2D eigenvalue weighted by Gasteiger charge is 2.18. The van der Waals surface area contributed by atoms with E-state index in [0.717, 1.165) is 5.82 Å². The SMILES string of the molecule is CC(=O)N[C@@H](CSCc1nncn1C)C(=O)O. The number of carboxylic acids is 1. The van der Waals surface area contributed by atoms with Crippen molar-refractivity contribution in [3.05, 3.63) is 12.2 Å². The van der Waals surface area contributed by atoms with Crippen molar-refractivity contribution in [3.63, 3.8) is 0 Å². The van der Waals surface area contributed by atoms with Gasteiger partial charge in [0, 0.05) is 19.7 Å². The molecule has 0 bridgehead atoms. The number of aryl methyl sites for hydroxylation is 1. The molecular weight excluding hydrogens is 244 g/mol. The number of aliphatic carboxylic acids is 1. The van der Waals surface area contributed by atoms with Crippen LogP contribution in [0.5, 0.6) is 0 Å². The first kappa shape index (κ1) is 13.5. The second-order valence-corrected chi connectivity index (χ2v) is 4.49. The summed E-state index contributed by atoms with van der Waals surface area (Å²) < 4.78 is 1.77. The second-order valence-electron chi connectivity index (χ2n) is 3.46. The van der Waals surface area contributed by atoms with Gasteiger partial charge in [-0.05, 0) is 0 Å². The van der Waals surface area contributed by atoms with Gasteiger partial charge >= 0.3 is 5.97 Å². The fraction of sp³-hybridized carbons (Fsp3) is 0.556. The third kappa shape index (κ3) is 4.43. The standard InChI is InChI=1S/C9H14N4O3S/c1-6(14)11-7(9(15)16)3-17-4-8-12-10-5-13(8)2/h5,7H,3-4H2,1-2H3,(H,11,14)(H,15,16)/t7-/m0/s1. The molecule has 1 atom stereocenters. The van der Waals surface area contributed by atoms with E-state index in [-0.39, 0.29) is 5.91 Å². The van der Waals surface area contributed by atoms with E-state index in [9.17, 15) is 9.59 Å². The smallest absolute Gasteiger partial charge is 0.327 e. The predicted molar refractivity (Wildman–Crippen MR) is 62.4 cm³/mol. The molecule has 1 aromatic rings. The summed E-state index contributed by atoms with van der Waals surface area (Å²) in [6.45, 7) is 1.29. The fourth-order valence-electron chi connectivity index (χ4n) is 1.13. The summed E-state index contributed by atoms with van der Waals surface area (Å²) >= 11 is 1.38. The Labute approximate surface area is 103 Å². The van der Waals surface area contributed by atoms with Gasteiger partial charge in [-0.25, -0.2) is 4.79 Å². The molecule has 1 rings (SSSR count). The second kappa shape index (κ2) is 6.24. The van der Waals surface area contributed by atoms with Crippen LogP contribution in [0.3, 0.4) is 0 Å². The zero-order chi connectivity index (χ0) is 12.8. The van der Waals surface area contributed by atoms with E-state index in [1.807, 2.05) is 7.05 Å². The summed E-state index contributed by atoms with van der Waals surface area (Å²) in [4.78, 5) is 21.6. The highest BCUT2D eigenvalue weighted by Crippen LogP contribution is 2.10. The molecule has 1 heterocycles. The van der Waals surface area contributed by atoms with Crippen molar-refractivity contribution in [1.82, 2.24) is 20.1 Å². The minimum absolute atomic E-state index is 0.293. The quantitative estimate of drug-likeness (QED) is 0.723. The van der Waals surface area contributed by atoms with E-state index < -0.39 is 12.0 Å². The van der Waals surface area contributed by atoms with Crippen molar-refractivity contribution < 1.29 is 14.7 Å². The number of hydrogen-bond donors (Lipinski definition) is 2. The number of nitrogens with one attached hydrogen (secondary N) is 1. The van der Waals surface area contributed by atoms with Gasteiger partial charge in [0.2, 0.25) is 5.91 Å². The fourth-order valence-corrected chi connectivity index (χ4v) is 2.15. The molecule has 1 aromatic heterocycles. The van der Waals surface area contributed by atoms with Gasteiger partial charge in [0.25, 0.3) is 0 Å². The van der Waals surface area contributed by atoms with Gasteiger partial charge in [-0.3, -0.25) is 4.79 Å². The largest absolute Gasteiger partial charge is 0.480 e. The van der Waals surface area contributed by atoms with Crippen LogP contribution in [-0.4, -0.2) is 43.5 Å². The molecule has 0 unspecified atom stereocenters. The Morgan fingerprint density at radius 1 is 1.65 bits per heavy atom. The number of carbonyl (C=O) groups excluding carboxylic acids is 1. The number of carboxylic acid groups (broad SMARTS) is 1. The Morgan fingerprint density at radius 2 is 2.35 bits per heavy atom. The summed E-state index contributed by atoms with van der Waals surface area (Å²) in [6, 6.07) is -0.870. The van der Waals surface area contributed by atoms with Gasteiger partial charge in [0.05, 0.1) is 5.75 Å². The van der Waals surface area contributed by atoms with Crippen LogP contribution < -0.4 is 5.32 Å². The lowest BCUT2D eigenvalue weighted by Gasteiger charge is -2.12. The van der Waals surface area contributed by atoms with Gasteiger partial charge in [0.15, 0.2) is 0 Å². The predicted octanol–water partition coefficient (Wildman–Crippen LogP) is -0.362. The van der Waals surface area contributed by atoms with Crippen LogP contribution in [0.4, 0.5) is 0 Å². The molecule has 94 valence electrons. The highest BCUT2D eigenvalue weighted by molar-refractivity contribution is 7.98. The lowest BCUT2D eigenvalue weighted by atomic mass is 10.3. The maximum absolute atomic E-state index is 10.8. The molecule has 0 aromatic carbocycles. The van der Waals surface area contributed by atoms with Crippen molar-refractivity contribution in [2.45, 2.75) is 18.7 Å². The monoisotopic (exact) mass is 258 g/mol. The van der Waals surface area contributed by atoms with E-state index in [1.165, 1.54) is 18.7 Å². The van der Waals surface area contributed by atoms with Crippen LogP contribution in [0.2, 0.25) is 0 Å². The summed E-state index contributed by atoms with van der Waals surface area (Å²) in [6.07, 6.45) is 1.58. The Kier molecular flexibility index (Phi) is 4.95. The number of carbonyl (C=O) groups is 2. The first-order chi connectivity index (χ1) is 8.00. The molecule has 0 radical (unpaired) electrons. The molecule has 0 aliphatic carbocycles. The molecule has 7 nitrogen and oxygen atoms in total. The molecular formula is C9H14N4O3S. The Balaban J connectivity index is 2.40. The first-order valence-corrected chi connectivity index (χ1v) is 6.06. The van der Waals surface area contributed by atoms with Crippen LogP contribution >= 0.6 is 11.8 Å². The number of hydrogen-bond acceptors (Lipinski definition) is 5. The number of amides is 1. The van der Waals surface area contributed by atoms with Crippen LogP contribution in [0.25, 0.3) is 0 Å². The van der Waals surface area contributed by atoms with Crippen LogP contribution in [-0.2, 0) is 22.4 Å². The lowest BCUT2D eigenvalue weighted by molar-refractivity contribution is -0.140. The summed E-state index contributed by atoms with van der Waals surface area (Å²) in [5.74, 6) is 0.228. The molecule has 0 spiro atoms. The molecule has 2 N–H and O–H groups in total. The lowest BCUT2D eigenvalue weighted by Crippen LogP contribution is -2.41. The van der Waals surface area contributed by atoms with E-state index >= 15 is 0 Å². The molecule has 0 aliphatic rings. The van der Waals surface area contributed by atoms with Gasteiger partial charge in [0.1, 0.15) is 18.2 Å². The number of nitrogens with zero attached hydrogens (tertiary/aromatic N) is 3. The van der Waals surface area contributed by atoms with Gasteiger partial charge in [-0.2, -0.15) is 11.8 Å². The average Bonchev–Trinajstić information content (AvgIpc) is 2.62. The third-order valence-corrected chi connectivity index (χ3v) is 3.03. The van der Waals surface area contributed by atoms with Crippen LogP contribution in [0.15, 0.2) is 6.33 Å². The van der Waals surface area contributed by atoms with Crippen molar-refractivity contribution in [3.8, 4) is 0 Å². The molecule has 8 heteroatoms. The molecule has 17 heavy (non-hydrogen) atoms. The minimum atomic E-state index is -1.04. The van der Waals surface area contributed by atoms with Crippen molar-refractivity contribution in [1.29, 1.82) is 0 Å². The maximum atomic E-state index is 10.8. The van der Waals surface area contributed by atoms with E-state index in [0.29, 0.717) is 11.5 Å². The summed E-state index contributed by atoms with van der Waals surface area (Å²) in [5.41, 5.74) is 0. The Bertz CT molecular complexity index is 407. The van der Waals surface area contributed by atoms with E-state index in [1.54, 1.807) is 10.9 Å². The van der Waals surface area contributed by atoms with Crippen molar-refractivity contribution in [2.75, 3.05) is 5.75 Å². The minimum Gasteiger partial charge on any atom is -0.480 e. The number of rotatable bonds is 6.